The molecule has 9 fully saturated rings. The molecular weight excluding hydrogens is 440 g/mol. The van der Waals surface area contributed by atoms with E-state index in [1.807, 2.05) is 0 Å². The molecule has 2 heteroatoms. The van der Waals surface area contributed by atoms with Gasteiger partial charge in [0.15, 0.2) is 6.29 Å². The van der Waals surface area contributed by atoms with Crippen LogP contribution in [0.3, 0.4) is 0 Å². The minimum atomic E-state index is -0.633. The van der Waals surface area contributed by atoms with Gasteiger partial charge in [0.25, 0.3) is 0 Å². The number of fused-ring (bicyclic) bond motifs is 6. The second kappa shape index (κ2) is 7.16. The minimum Gasteiger partial charge on any atom is -0.368 e. The van der Waals surface area contributed by atoms with Gasteiger partial charge in [-0.1, -0.05) is 68.7 Å². The van der Waals surface area contributed by atoms with E-state index in [9.17, 15) is 5.11 Å². The summed E-state index contributed by atoms with van der Waals surface area (Å²) >= 11 is 0. The van der Waals surface area contributed by atoms with Crippen LogP contribution in [0.2, 0.25) is 0 Å². The van der Waals surface area contributed by atoms with Gasteiger partial charge in [-0.2, -0.15) is 0 Å². The van der Waals surface area contributed by atoms with Crippen LogP contribution in [-0.4, -0.2) is 17.0 Å². The average Bonchev–Trinajstić information content (AvgIpc) is 2.78. The van der Waals surface area contributed by atoms with Crippen molar-refractivity contribution in [3.8, 4) is 0 Å². The van der Waals surface area contributed by atoms with Crippen molar-refractivity contribution in [2.24, 2.45) is 61.6 Å². The van der Waals surface area contributed by atoms with Crippen molar-refractivity contribution in [1.29, 1.82) is 0 Å². The van der Waals surface area contributed by atoms with Crippen molar-refractivity contribution in [2.45, 2.75) is 152 Å². The van der Waals surface area contributed by atoms with Crippen LogP contribution >= 0.6 is 0 Å². The van der Waals surface area contributed by atoms with E-state index in [2.05, 4.69) is 69.2 Å². The van der Waals surface area contributed by atoms with Crippen molar-refractivity contribution in [1.82, 2.24) is 0 Å². The van der Waals surface area contributed by atoms with Gasteiger partial charge in [-0.15, -0.1) is 0 Å². The average molecular weight is 499 g/mol. The third-order valence-corrected chi connectivity index (χ3v) is 16.3. The van der Waals surface area contributed by atoms with Gasteiger partial charge in [0.05, 0.1) is 5.60 Å². The molecule has 9 aliphatic carbocycles. The fourth-order valence-electron chi connectivity index (χ4n) is 14.7. The predicted molar refractivity (Wildman–Crippen MR) is 148 cm³/mol. The van der Waals surface area contributed by atoms with Gasteiger partial charge in [0.1, 0.15) is 0 Å². The van der Waals surface area contributed by atoms with Crippen LogP contribution in [0.25, 0.3) is 0 Å². The zero-order valence-electron chi connectivity index (χ0n) is 25.5. The second-order valence-corrected chi connectivity index (χ2v) is 17.1. The highest BCUT2D eigenvalue weighted by Gasteiger charge is 2.91. The van der Waals surface area contributed by atoms with E-state index in [1.54, 1.807) is 0 Å². The van der Waals surface area contributed by atoms with Crippen LogP contribution < -0.4 is 0 Å². The van der Waals surface area contributed by atoms with Crippen molar-refractivity contribution in [3.05, 3.63) is 0 Å². The maximum absolute atomic E-state index is 11.2. The van der Waals surface area contributed by atoms with Crippen molar-refractivity contribution < 1.29 is 9.84 Å². The van der Waals surface area contributed by atoms with Gasteiger partial charge < -0.3 is 9.84 Å². The summed E-state index contributed by atoms with van der Waals surface area (Å²) in [5.74, 6) is 3.35. The lowest BCUT2D eigenvalue weighted by Crippen LogP contribution is -2.89. The Morgan fingerprint density at radius 2 is 1.28 bits per heavy atom. The molecule has 9 rings (SSSR count). The fraction of sp³-hybridized carbons (Fsp3) is 1.00. The Bertz CT molecular complexity index is 933. The Kier molecular flexibility index (Phi) is 5.20. The highest BCUT2D eigenvalue weighted by Crippen LogP contribution is 2.95. The number of aliphatic hydroxyl groups is 1. The molecule has 9 aliphatic rings. The summed E-state index contributed by atoms with van der Waals surface area (Å²) in [5.41, 5.74) is 1.81. The summed E-state index contributed by atoms with van der Waals surface area (Å²) in [7, 11) is 0. The lowest BCUT2D eigenvalue weighted by Gasteiger charge is -2.93. The van der Waals surface area contributed by atoms with Gasteiger partial charge in [0.2, 0.25) is 0 Å². The van der Waals surface area contributed by atoms with Gasteiger partial charge in [-0.3, -0.25) is 0 Å². The largest absolute Gasteiger partial charge is 0.368 e. The molecule has 2 nitrogen and oxygen atoms in total. The first kappa shape index (κ1) is 26.2. The molecule has 36 heavy (non-hydrogen) atoms. The zero-order valence-corrected chi connectivity index (χ0v) is 25.5. The molecule has 1 N–H and O–H groups in total. The number of hydrogen-bond acceptors (Lipinski definition) is 2. The molecular formula is C34H58O2. The number of rotatable bonds is 6. The first-order valence-electron chi connectivity index (χ1n) is 15.9. The highest BCUT2D eigenvalue weighted by molar-refractivity contribution is 5.38. The van der Waals surface area contributed by atoms with Gasteiger partial charge in [-0.25, -0.2) is 0 Å². The Morgan fingerprint density at radius 1 is 0.722 bits per heavy atom. The van der Waals surface area contributed by atoms with E-state index in [0.717, 1.165) is 42.9 Å². The predicted octanol–water partition coefficient (Wildman–Crippen LogP) is 9.00. The first-order chi connectivity index (χ1) is 16.6. The van der Waals surface area contributed by atoms with Crippen LogP contribution in [0, 0.1) is 61.6 Å². The molecule has 0 heterocycles. The van der Waals surface area contributed by atoms with Crippen molar-refractivity contribution >= 4 is 0 Å². The van der Waals surface area contributed by atoms with E-state index in [1.165, 1.54) is 51.4 Å². The molecule has 0 radical (unpaired) electrons. The van der Waals surface area contributed by atoms with Crippen LogP contribution in [0.4, 0.5) is 0 Å². The monoisotopic (exact) mass is 498 g/mol. The number of ether oxygens (including phenoxy) is 1. The standard InChI is InChI=1S/C34H58O2/c1-11-12-26(35)36-31(10)18-16-25-21-34(31,29(25,7)8)33-20-24(28(33,5)6)15-17-30(33,9)32-19-23(27(32,3)4)14-13-22(32)2/h22-26,35H,11-21H2,1-10H3. The Hall–Kier alpha value is -0.0800. The molecule has 0 aliphatic heterocycles. The second-order valence-electron chi connectivity index (χ2n) is 17.1. The molecule has 0 spiro atoms. The SMILES string of the molecule is CCCC(O)OC1(C)CCC2CC1(C13CC(CCC1(C)C14CC(CCC1C)C4(C)C)C3(C)C)C2(C)C. The smallest absolute Gasteiger partial charge is 0.155 e. The van der Waals surface area contributed by atoms with E-state index in [0.29, 0.717) is 21.7 Å². The summed E-state index contributed by atoms with van der Waals surface area (Å²) < 4.78 is 7.01. The molecule has 206 valence electrons. The summed E-state index contributed by atoms with van der Waals surface area (Å²) in [6.45, 7) is 26.0. The van der Waals surface area contributed by atoms with Crippen LogP contribution in [-0.2, 0) is 4.74 Å². The third kappa shape index (κ3) is 2.28. The maximum Gasteiger partial charge on any atom is 0.155 e. The molecule has 10 unspecified atom stereocenters. The lowest BCUT2D eigenvalue weighted by molar-refractivity contribution is -0.470. The quantitative estimate of drug-likeness (QED) is 0.370. The molecule has 6 bridgehead atoms. The topological polar surface area (TPSA) is 29.5 Å². The van der Waals surface area contributed by atoms with E-state index in [4.69, 9.17) is 4.74 Å². The third-order valence-electron chi connectivity index (χ3n) is 16.3. The number of hydrogen-bond donors (Lipinski definition) is 1. The Balaban J connectivity index is 1.58. The van der Waals surface area contributed by atoms with Crippen molar-refractivity contribution in [3.63, 3.8) is 0 Å². The molecule has 0 aromatic heterocycles. The molecule has 10 atom stereocenters. The molecule has 0 saturated heterocycles. The van der Waals surface area contributed by atoms with E-state index >= 15 is 0 Å². The lowest BCUT2D eigenvalue weighted by atomic mass is 9.12. The molecule has 0 aromatic carbocycles. The van der Waals surface area contributed by atoms with Gasteiger partial charge in [0, 0.05) is 5.41 Å². The van der Waals surface area contributed by atoms with E-state index in [-0.39, 0.29) is 21.8 Å². The Morgan fingerprint density at radius 3 is 1.81 bits per heavy atom. The van der Waals surface area contributed by atoms with Crippen LogP contribution in [0.5, 0.6) is 0 Å². The zero-order chi connectivity index (χ0) is 26.4. The number of aliphatic hydroxyl groups excluding tert-OH is 1. The first-order valence-corrected chi connectivity index (χ1v) is 15.9. The van der Waals surface area contributed by atoms with Crippen LogP contribution in [0.1, 0.15) is 140 Å². The van der Waals surface area contributed by atoms with Crippen molar-refractivity contribution in [2.75, 3.05) is 0 Å². The molecule has 9 saturated carbocycles. The fourth-order valence-corrected chi connectivity index (χ4v) is 14.7. The van der Waals surface area contributed by atoms with Gasteiger partial charge in [-0.05, 0) is 127 Å². The normalized spacial score (nSPS) is 56.1. The van der Waals surface area contributed by atoms with E-state index < -0.39 is 6.29 Å². The summed E-state index contributed by atoms with van der Waals surface area (Å²) in [4.78, 5) is 0. The maximum atomic E-state index is 11.2. The molecule has 0 aromatic rings. The van der Waals surface area contributed by atoms with Crippen LogP contribution in [0.15, 0.2) is 0 Å². The summed E-state index contributed by atoms with van der Waals surface area (Å²) in [6.07, 6.45) is 13.3. The Labute approximate surface area is 223 Å². The molecule has 0 amide bonds. The highest BCUT2D eigenvalue weighted by atomic mass is 16.6. The summed E-state index contributed by atoms with van der Waals surface area (Å²) in [5, 5.41) is 11.2. The van der Waals surface area contributed by atoms with Gasteiger partial charge >= 0.3 is 0 Å². The summed E-state index contributed by atoms with van der Waals surface area (Å²) in [6, 6.07) is 0. The minimum absolute atomic E-state index is 0.118.